The molecular formula is C12H14BrNO5S. The van der Waals surface area contributed by atoms with Gasteiger partial charge in [0.15, 0.2) is 0 Å². The number of rotatable bonds is 5. The zero-order valence-corrected chi connectivity index (χ0v) is 12.9. The van der Waals surface area contributed by atoms with E-state index < -0.39 is 16.0 Å². The van der Waals surface area contributed by atoms with E-state index in [0.29, 0.717) is 17.7 Å². The highest BCUT2D eigenvalue weighted by Gasteiger charge is 2.23. The summed E-state index contributed by atoms with van der Waals surface area (Å²) in [4.78, 5) is 10.8. The summed E-state index contributed by atoms with van der Waals surface area (Å²) >= 11 is 3.13. The topological polar surface area (TPSA) is 92.7 Å². The molecule has 1 saturated heterocycles. The van der Waals surface area contributed by atoms with Gasteiger partial charge in [0.25, 0.3) is 0 Å². The van der Waals surface area contributed by atoms with Gasteiger partial charge >= 0.3 is 5.97 Å². The zero-order valence-electron chi connectivity index (χ0n) is 10.5. The van der Waals surface area contributed by atoms with E-state index >= 15 is 0 Å². The average molecular weight is 364 g/mol. The second-order valence-corrected chi connectivity index (χ2v) is 7.12. The predicted octanol–water partition coefficient (Wildman–Crippen LogP) is 1.46. The third-order valence-electron chi connectivity index (χ3n) is 3.05. The fraction of sp³-hybridized carbons (Fsp3) is 0.417. The Bertz CT molecular complexity index is 610. The Morgan fingerprint density at radius 2 is 2.25 bits per heavy atom. The van der Waals surface area contributed by atoms with E-state index in [0.717, 1.165) is 12.5 Å². The quantitative estimate of drug-likeness (QED) is 0.825. The molecule has 0 aliphatic carbocycles. The number of carboxylic acids is 1. The summed E-state index contributed by atoms with van der Waals surface area (Å²) in [6, 6.07) is 3.90. The fourth-order valence-corrected chi connectivity index (χ4v) is 4.00. The van der Waals surface area contributed by atoms with Crippen LogP contribution in [0.15, 0.2) is 27.6 Å². The SMILES string of the molecule is O=C(O)c1ccc(Br)c(S(=O)(=O)NCC2CCOC2)c1. The van der Waals surface area contributed by atoms with Gasteiger partial charge in [0.05, 0.1) is 17.1 Å². The number of sulfonamides is 1. The van der Waals surface area contributed by atoms with Gasteiger partial charge in [0, 0.05) is 17.6 Å². The number of halogens is 1. The van der Waals surface area contributed by atoms with E-state index in [4.69, 9.17) is 9.84 Å². The molecule has 0 amide bonds. The highest BCUT2D eigenvalue weighted by Crippen LogP contribution is 2.23. The highest BCUT2D eigenvalue weighted by atomic mass is 79.9. The van der Waals surface area contributed by atoms with Crippen LogP contribution in [0.1, 0.15) is 16.8 Å². The van der Waals surface area contributed by atoms with Crippen molar-refractivity contribution < 1.29 is 23.1 Å². The molecule has 1 aromatic rings. The maximum Gasteiger partial charge on any atom is 0.335 e. The first kappa shape index (κ1) is 15.4. The third-order valence-corrected chi connectivity index (χ3v) is 5.47. The molecule has 0 spiro atoms. The second kappa shape index (κ2) is 6.21. The molecule has 0 aromatic heterocycles. The largest absolute Gasteiger partial charge is 0.478 e. The Morgan fingerprint density at radius 1 is 1.50 bits per heavy atom. The van der Waals surface area contributed by atoms with Gasteiger partial charge in [0.1, 0.15) is 0 Å². The Morgan fingerprint density at radius 3 is 2.85 bits per heavy atom. The molecule has 1 atom stereocenters. The van der Waals surface area contributed by atoms with Crippen LogP contribution in [0.3, 0.4) is 0 Å². The minimum absolute atomic E-state index is 0.0715. The van der Waals surface area contributed by atoms with Crippen LogP contribution < -0.4 is 4.72 Å². The number of carbonyl (C=O) groups is 1. The molecule has 1 unspecified atom stereocenters. The molecule has 2 N–H and O–H groups in total. The third kappa shape index (κ3) is 3.57. The summed E-state index contributed by atoms with van der Waals surface area (Å²) in [5, 5.41) is 8.92. The molecular weight excluding hydrogens is 350 g/mol. The molecule has 0 radical (unpaired) electrons. The standard InChI is InChI=1S/C12H14BrNO5S/c13-10-2-1-9(12(15)16)5-11(10)20(17,18)14-6-8-3-4-19-7-8/h1-2,5,8,14H,3-4,6-7H2,(H,15,16). The summed E-state index contributed by atoms with van der Waals surface area (Å²) in [7, 11) is -3.75. The zero-order chi connectivity index (χ0) is 14.8. The lowest BCUT2D eigenvalue weighted by Crippen LogP contribution is -2.30. The van der Waals surface area contributed by atoms with Crippen LogP contribution in [0.5, 0.6) is 0 Å². The number of nitrogens with one attached hydrogen (secondary N) is 1. The normalized spacial score (nSPS) is 19.1. The number of benzene rings is 1. The van der Waals surface area contributed by atoms with Crippen molar-refractivity contribution in [2.24, 2.45) is 5.92 Å². The molecule has 110 valence electrons. The molecule has 1 fully saturated rings. The predicted molar refractivity (Wildman–Crippen MR) is 75.2 cm³/mol. The molecule has 2 rings (SSSR count). The van der Waals surface area contributed by atoms with Crippen molar-refractivity contribution in [2.75, 3.05) is 19.8 Å². The van der Waals surface area contributed by atoms with Crippen molar-refractivity contribution in [1.82, 2.24) is 4.72 Å². The van der Waals surface area contributed by atoms with Gasteiger partial charge < -0.3 is 9.84 Å². The van der Waals surface area contributed by atoms with Crippen LogP contribution in [0, 0.1) is 5.92 Å². The maximum absolute atomic E-state index is 12.2. The first-order chi connectivity index (χ1) is 9.40. The van der Waals surface area contributed by atoms with Crippen molar-refractivity contribution in [3.05, 3.63) is 28.2 Å². The van der Waals surface area contributed by atoms with Crippen LogP contribution in [0.4, 0.5) is 0 Å². The van der Waals surface area contributed by atoms with Crippen LogP contribution >= 0.6 is 15.9 Å². The van der Waals surface area contributed by atoms with Crippen LogP contribution in [0.2, 0.25) is 0 Å². The molecule has 20 heavy (non-hydrogen) atoms. The van der Waals surface area contributed by atoms with Crippen molar-refractivity contribution in [1.29, 1.82) is 0 Å². The summed E-state index contributed by atoms with van der Waals surface area (Å²) < 4.78 is 32.4. The van der Waals surface area contributed by atoms with Crippen molar-refractivity contribution in [3.63, 3.8) is 0 Å². The van der Waals surface area contributed by atoms with Gasteiger partial charge in [-0.25, -0.2) is 17.9 Å². The van der Waals surface area contributed by atoms with Crippen LogP contribution in [-0.2, 0) is 14.8 Å². The smallest absolute Gasteiger partial charge is 0.335 e. The van der Waals surface area contributed by atoms with E-state index in [-0.39, 0.29) is 22.9 Å². The van der Waals surface area contributed by atoms with Gasteiger partial charge in [0.2, 0.25) is 10.0 Å². The average Bonchev–Trinajstić information content (AvgIpc) is 2.89. The maximum atomic E-state index is 12.2. The van der Waals surface area contributed by atoms with Crippen LogP contribution in [0.25, 0.3) is 0 Å². The first-order valence-corrected chi connectivity index (χ1v) is 8.28. The van der Waals surface area contributed by atoms with Crippen molar-refractivity contribution >= 4 is 31.9 Å². The number of aromatic carboxylic acids is 1. The Labute approximate surface area is 125 Å². The molecule has 6 nitrogen and oxygen atoms in total. The second-order valence-electron chi connectivity index (χ2n) is 4.53. The molecule has 1 aliphatic heterocycles. The summed E-state index contributed by atoms with van der Waals surface area (Å²) in [5.74, 6) is -1.01. The van der Waals surface area contributed by atoms with E-state index in [9.17, 15) is 13.2 Å². The van der Waals surface area contributed by atoms with E-state index in [1.165, 1.54) is 12.1 Å². The van der Waals surface area contributed by atoms with Crippen LogP contribution in [-0.4, -0.2) is 39.3 Å². The molecule has 0 bridgehead atoms. The monoisotopic (exact) mass is 363 g/mol. The van der Waals surface area contributed by atoms with Gasteiger partial charge in [-0.3, -0.25) is 0 Å². The minimum atomic E-state index is -3.75. The van der Waals surface area contributed by atoms with Gasteiger partial charge in [-0.2, -0.15) is 0 Å². The first-order valence-electron chi connectivity index (χ1n) is 6.00. The van der Waals surface area contributed by atoms with Crippen molar-refractivity contribution in [2.45, 2.75) is 11.3 Å². The van der Waals surface area contributed by atoms with Crippen molar-refractivity contribution in [3.8, 4) is 0 Å². The summed E-state index contributed by atoms with van der Waals surface area (Å²) in [5.41, 5.74) is -0.0715. The number of carboxylic acid groups (broad SMARTS) is 1. The number of ether oxygens (including phenoxy) is 1. The number of hydrogen-bond acceptors (Lipinski definition) is 4. The molecule has 8 heteroatoms. The Kier molecular flexibility index (Phi) is 4.79. The number of hydrogen-bond donors (Lipinski definition) is 2. The Hall–Kier alpha value is -0.960. The lowest BCUT2D eigenvalue weighted by atomic mass is 10.1. The Balaban J connectivity index is 2.19. The van der Waals surface area contributed by atoms with Gasteiger partial charge in [-0.1, -0.05) is 0 Å². The van der Waals surface area contributed by atoms with E-state index in [2.05, 4.69) is 20.7 Å². The fourth-order valence-electron chi connectivity index (χ4n) is 1.89. The van der Waals surface area contributed by atoms with Gasteiger partial charge in [-0.05, 0) is 46.5 Å². The van der Waals surface area contributed by atoms with E-state index in [1.807, 2.05) is 0 Å². The lowest BCUT2D eigenvalue weighted by Gasteiger charge is -2.12. The molecule has 1 aliphatic rings. The van der Waals surface area contributed by atoms with E-state index in [1.54, 1.807) is 0 Å². The summed E-state index contributed by atoms with van der Waals surface area (Å²) in [6.07, 6.45) is 0.818. The molecule has 0 saturated carbocycles. The summed E-state index contributed by atoms with van der Waals surface area (Å²) in [6.45, 7) is 1.47. The molecule has 1 heterocycles. The highest BCUT2D eigenvalue weighted by molar-refractivity contribution is 9.10. The minimum Gasteiger partial charge on any atom is -0.478 e. The molecule has 1 aromatic carbocycles. The van der Waals surface area contributed by atoms with Gasteiger partial charge in [-0.15, -0.1) is 0 Å². The lowest BCUT2D eigenvalue weighted by molar-refractivity contribution is 0.0696.